The molecule has 2 aliphatic heterocycles. The normalized spacial score (nSPS) is 23.2. The van der Waals surface area contributed by atoms with Crippen molar-refractivity contribution in [1.29, 1.82) is 0 Å². The van der Waals surface area contributed by atoms with E-state index in [1.165, 1.54) is 27.8 Å². The van der Waals surface area contributed by atoms with Crippen LogP contribution in [0, 0.1) is 0 Å². The molecule has 3 aliphatic rings. The molecule has 3 heteroatoms. The van der Waals surface area contributed by atoms with Crippen LogP contribution in [0.4, 0.5) is 0 Å². The molecular formula is C26H25NO2. The van der Waals surface area contributed by atoms with Crippen molar-refractivity contribution >= 4 is 5.97 Å². The van der Waals surface area contributed by atoms with Gasteiger partial charge in [0, 0.05) is 12.0 Å². The van der Waals surface area contributed by atoms with Gasteiger partial charge in [-0.3, -0.25) is 9.69 Å². The van der Waals surface area contributed by atoms with Crippen LogP contribution in [0.15, 0.2) is 78.9 Å². The van der Waals surface area contributed by atoms with Gasteiger partial charge in [0.05, 0.1) is 12.6 Å². The minimum absolute atomic E-state index is 0.0161. The van der Waals surface area contributed by atoms with E-state index in [2.05, 4.69) is 84.6 Å². The molecule has 2 bridgehead atoms. The Morgan fingerprint density at radius 2 is 1.38 bits per heavy atom. The highest BCUT2D eigenvalue weighted by atomic mass is 16.5. The van der Waals surface area contributed by atoms with Gasteiger partial charge in [-0.1, -0.05) is 78.9 Å². The Morgan fingerprint density at radius 3 is 1.93 bits per heavy atom. The number of hydrogen-bond acceptors (Lipinski definition) is 3. The second-order valence-electron chi connectivity index (χ2n) is 7.87. The highest BCUT2D eigenvalue weighted by Gasteiger charge is 2.53. The Kier molecular flexibility index (Phi) is 4.48. The summed E-state index contributed by atoms with van der Waals surface area (Å²) in [7, 11) is 0. The number of carbonyl (C=O) groups is 1. The topological polar surface area (TPSA) is 29.5 Å². The zero-order valence-electron chi connectivity index (χ0n) is 16.8. The van der Waals surface area contributed by atoms with Crippen LogP contribution in [0.2, 0.25) is 0 Å². The highest BCUT2D eigenvalue weighted by Crippen LogP contribution is 2.55. The number of rotatable bonds is 4. The van der Waals surface area contributed by atoms with Crippen molar-refractivity contribution in [1.82, 2.24) is 4.90 Å². The van der Waals surface area contributed by atoms with E-state index in [0.29, 0.717) is 6.61 Å². The first-order chi connectivity index (χ1) is 14.2. The van der Waals surface area contributed by atoms with Crippen molar-refractivity contribution in [2.75, 3.05) is 6.61 Å². The van der Waals surface area contributed by atoms with E-state index in [4.69, 9.17) is 4.74 Å². The minimum Gasteiger partial charge on any atom is -0.465 e. The SMILES string of the molecule is CCOC(=O)[C@H]1C2c3ccccc3C(c3ccccc32)N1[C@@H](C)c1ccccc1. The van der Waals surface area contributed by atoms with Crippen LogP contribution in [0.5, 0.6) is 0 Å². The average Bonchev–Trinajstić information content (AvgIpc) is 2.78. The number of fused-ring (bicyclic) bond motifs is 1. The highest BCUT2D eigenvalue weighted by molar-refractivity contribution is 5.81. The molecular weight excluding hydrogens is 358 g/mol. The summed E-state index contributed by atoms with van der Waals surface area (Å²) in [6.07, 6.45) is 0. The summed E-state index contributed by atoms with van der Waals surface area (Å²) in [6.45, 7) is 4.48. The molecule has 146 valence electrons. The number of carbonyl (C=O) groups excluding carboxylic acids is 1. The molecule has 29 heavy (non-hydrogen) atoms. The maximum absolute atomic E-state index is 13.3. The van der Waals surface area contributed by atoms with Crippen molar-refractivity contribution in [3.05, 3.63) is 107 Å². The molecule has 0 aromatic heterocycles. The fraction of sp³-hybridized carbons (Fsp3) is 0.269. The summed E-state index contributed by atoms with van der Waals surface area (Å²) in [5, 5.41) is 0. The lowest BCUT2D eigenvalue weighted by Gasteiger charge is -2.54. The number of hydrogen-bond donors (Lipinski definition) is 0. The molecule has 0 radical (unpaired) electrons. The lowest BCUT2D eigenvalue weighted by molar-refractivity contribution is -0.153. The van der Waals surface area contributed by atoms with Gasteiger partial charge in [-0.15, -0.1) is 0 Å². The first-order valence-electron chi connectivity index (χ1n) is 10.4. The molecule has 0 unspecified atom stereocenters. The molecule has 1 aliphatic carbocycles. The van der Waals surface area contributed by atoms with Crippen LogP contribution in [-0.4, -0.2) is 23.5 Å². The van der Waals surface area contributed by atoms with E-state index >= 15 is 0 Å². The number of nitrogens with zero attached hydrogens (tertiary/aromatic N) is 1. The summed E-state index contributed by atoms with van der Waals surface area (Å²) in [5.41, 5.74) is 6.33. The Hall–Kier alpha value is -2.91. The summed E-state index contributed by atoms with van der Waals surface area (Å²) < 4.78 is 5.60. The Morgan fingerprint density at radius 1 is 0.862 bits per heavy atom. The van der Waals surface area contributed by atoms with Crippen LogP contribution in [0.1, 0.15) is 59.7 Å². The van der Waals surface area contributed by atoms with Crippen LogP contribution >= 0.6 is 0 Å². The Balaban J connectivity index is 1.74. The van der Waals surface area contributed by atoms with E-state index in [0.717, 1.165) is 0 Å². The maximum atomic E-state index is 13.3. The zero-order valence-corrected chi connectivity index (χ0v) is 16.8. The standard InChI is InChI=1S/C26H25NO2/c1-3-29-26(28)25-23-19-13-7-9-15-21(19)24(22-16-10-8-14-20(22)23)27(25)17(2)18-11-5-4-6-12-18/h4-17,23-25H,3H2,1-2H3/t17-,23?,24?,25+/m0/s1. The predicted octanol–water partition coefficient (Wildman–Crippen LogP) is 5.23. The molecule has 2 atom stereocenters. The Bertz CT molecular complexity index is 998. The summed E-state index contributed by atoms with van der Waals surface area (Å²) in [5.74, 6) is -0.146. The van der Waals surface area contributed by atoms with Crippen molar-refractivity contribution < 1.29 is 9.53 Å². The summed E-state index contributed by atoms with van der Waals surface area (Å²) in [4.78, 5) is 15.7. The van der Waals surface area contributed by atoms with Crippen molar-refractivity contribution in [3.8, 4) is 0 Å². The van der Waals surface area contributed by atoms with Gasteiger partial charge in [0.1, 0.15) is 6.04 Å². The van der Waals surface area contributed by atoms with E-state index < -0.39 is 0 Å². The molecule has 0 N–H and O–H groups in total. The second-order valence-corrected chi connectivity index (χ2v) is 7.87. The van der Waals surface area contributed by atoms with E-state index in [9.17, 15) is 4.79 Å². The molecule has 6 rings (SSSR count). The Labute approximate surface area is 171 Å². The van der Waals surface area contributed by atoms with Crippen LogP contribution in [0.25, 0.3) is 0 Å². The van der Waals surface area contributed by atoms with Crippen LogP contribution in [0.3, 0.4) is 0 Å². The molecule has 0 saturated carbocycles. The first-order valence-corrected chi connectivity index (χ1v) is 10.4. The lowest BCUT2D eigenvalue weighted by atomic mass is 9.66. The smallest absolute Gasteiger partial charge is 0.324 e. The van der Waals surface area contributed by atoms with Crippen LogP contribution < -0.4 is 0 Å². The molecule has 0 spiro atoms. The number of ether oxygens (including phenoxy) is 1. The van der Waals surface area contributed by atoms with Crippen LogP contribution in [-0.2, 0) is 9.53 Å². The van der Waals surface area contributed by atoms with Gasteiger partial charge in [0.25, 0.3) is 0 Å². The first kappa shape index (κ1) is 18.1. The van der Waals surface area contributed by atoms with Gasteiger partial charge in [0.2, 0.25) is 0 Å². The third kappa shape index (κ3) is 2.72. The fourth-order valence-electron chi connectivity index (χ4n) is 5.27. The van der Waals surface area contributed by atoms with Crippen molar-refractivity contribution in [2.24, 2.45) is 0 Å². The number of benzene rings is 3. The average molecular weight is 383 g/mol. The third-order valence-electron chi connectivity index (χ3n) is 6.44. The molecule has 2 heterocycles. The van der Waals surface area contributed by atoms with Gasteiger partial charge in [-0.25, -0.2) is 0 Å². The molecule has 3 nitrogen and oxygen atoms in total. The van der Waals surface area contributed by atoms with Gasteiger partial charge in [-0.05, 0) is 41.7 Å². The monoisotopic (exact) mass is 383 g/mol. The molecule has 0 amide bonds. The van der Waals surface area contributed by atoms with Gasteiger partial charge >= 0.3 is 5.97 Å². The molecule has 3 aromatic rings. The third-order valence-corrected chi connectivity index (χ3v) is 6.44. The van der Waals surface area contributed by atoms with Crippen molar-refractivity contribution in [3.63, 3.8) is 0 Å². The summed E-state index contributed by atoms with van der Waals surface area (Å²) >= 11 is 0. The minimum atomic E-state index is -0.333. The maximum Gasteiger partial charge on any atom is 0.324 e. The van der Waals surface area contributed by atoms with E-state index in [1.807, 2.05) is 13.0 Å². The number of esters is 1. The summed E-state index contributed by atoms with van der Waals surface area (Å²) in [6, 6.07) is 27.4. The largest absolute Gasteiger partial charge is 0.465 e. The predicted molar refractivity (Wildman–Crippen MR) is 114 cm³/mol. The molecule has 0 fully saturated rings. The van der Waals surface area contributed by atoms with Gasteiger partial charge < -0.3 is 4.74 Å². The van der Waals surface area contributed by atoms with Gasteiger partial charge in [0.15, 0.2) is 0 Å². The molecule has 3 aromatic carbocycles. The van der Waals surface area contributed by atoms with E-state index in [1.54, 1.807) is 0 Å². The molecule has 0 saturated heterocycles. The van der Waals surface area contributed by atoms with Gasteiger partial charge in [-0.2, -0.15) is 0 Å². The van der Waals surface area contributed by atoms with Crippen molar-refractivity contribution in [2.45, 2.75) is 37.9 Å². The fourth-order valence-corrected chi connectivity index (χ4v) is 5.27. The lowest BCUT2D eigenvalue weighted by Crippen LogP contribution is -2.56. The quantitative estimate of drug-likeness (QED) is 0.578. The zero-order chi connectivity index (χ0) is 20.0. The van der Waals surface area contributed by atoms with E-state index in [-0.39, 0.29) is 30.0 Å². The second kappa shape index (κ2) is 7.16.